The highest BCUT2D eigenvalue weighted by molar-refractivity contribution is 5.35. The van der Waals surface area contributed by atoms with Crippen molar-refractivity contribution in [1.82, 2.24) is 15.0 Å². The van der Waals surface area contributed by atoms with E-state index < -0.39 is 0 Å². The standard InChI is InChI=1S/C10H19N5O2/c1-4-10(2,5-6-16)15-8-12-7(11)13-9(14-8)17-3/h16H,4-6H2,1-3H3,(H3,11,12,13,14,15). The lowest BCUT2D eigenvalue weighted by Gasteiger charge is -2.28. The Hall–Kier alpha value is -1.63. The maximum Gasteiger partial charge on any atom is 0.322 e. The second kappa shape index (κ2) is 5.62. The van der Waals surface area contributed by atoms with Gasteiger partial charge in [0.05, 0.1) is 7.11 Å². The largest absolute Gasteiger partial charge is 0.467 e. The Morgan fingerprint density at radius 1 is 1.41 bits per heavy atom. The van der Waals surface area contributed by atoms with Gasteiger partial charge in [-0.15, -0.1) is 0 Å². The molecule has 0 saturated heterocycles. The molecule has 1 unspecified atom stereocenters. The Balaban J connectivity index is 2.89. The molecule has 1 heterocycles. The lowest BCUT2D eigenvalue weighted by molar-refractivity contribution is 0.251. The van der Waals surface area contributed by atoms with Crippen molar-refractivity contribution in [2.45, 2.75) is 32.2 Å². The highest BCUT2D eigenvalue weighted by Gasteiger charge is 2.22. The molecular weight excluding hydrogens is 222 g/mol. The van der Waals surface area contributed by atoms with Crippen molar-refractivity contribution in [2.75, 3.05) is 24.8 Å². The van der Waals surface area contributed by atoms with Crippen LogP contribution in [0.1, 0.15) is 26.7 Å². The van der Waals surface area contributed by atoms with E-state index in [2.05, 4.69) is 20.3 Å². The van der Waals surface area contributed by atoms with E-state index in [0.29, 0.717) is 12.4 Å². The number of nitrogens with two attached hydrogens (primary N) is 1. The van der Waals surface area contributed by atoms with Gasteiger partial charge >= 0.3 is 6.01 Å². The van der Waals surface area contributed by atoms with Gasteiger partial charge in [-0.25, -0.2) is 0 Å². The summed E-state index contributed by atoms with van der Waals surface area (Å²) in [5.41, 5.74) is 5.25. The molecular formula is C10H19N5O2. The predicted octanol–water partition coefficient (Wildman–Crippen LogP) is 0.425. The first kappa shape index (κ1) is 13.4. The molecule has 96 valence electrons. The molecule has 0 aliphatic rings. The average molecular weight is 241 g/mol. The second-order valence-corrected chi connectivity index (χ2v) is 4.02. The highest BCUT2D eigenvalue weighted by Crippen LogP contribution is 2.20. The second-order valence-electron chi connectivity index (χ2n) is 4.02. The van der Waals surface area contributed by atoms with Gasteiger partial charge in [-0.05, 0) is 19.8 Å². The molecule has 1 aromatic heterocycles. The molecule has 0 saturated carbocycles. The molecule has 17 heavy (non-hydrogen) atoms. The van der Waals surface area contributed by atoms with Crippen LogP contribution in [0.25, 0.3) is 0 Å². The van der Waals surface area contributed by atoms with Crippen molar-refractivity contribution in [1.29, 1.82) is 0 Å². The minimum Gasteiger partial charge on any atom is -0.467 e. The fourth-order valence-electron chi connectivity index (χ4n) is 1.36. The number of aliphatic hydroxyl groups is 1. The Morgan fingerprint density at radius 2 is 2.12 bits per heavy atom. The zero-order valence-corrected chi connectivity index (χ0v) is 10.4. The lowest BCUT2D eigenvalue weighted by Crippen LogP contribution is -2.36. The number of anilines is 2. The van der Waals surface area contributed by atoms with Crippen LogP contribution in [0.3, 0.4) is 0 Å². The van der Waals surface area contributed by atoms with Gasteiger partial charge in [0, 0.05) is 12.1 Å². The maximum absolute atomic E-state index is 9.02. The van der Waals surface area contributed by atoms with Gasteiger partial charge in [-0.1, -0.05) is 6.92 Å². The molecule has 0 bridgehead atoms. The van der Waals surface area contributed by atoms with E-state index in [4.69, 9.17) is 15.6 Å². The first-order valence-electron chi connectivity index (χ1n) is 5.47. The van der Waals surface area contributed by atoms with Gasteiger partial charge in [0.1, 0.15) is 0 Å². The number of nitrogen functional groups attached to an aromatic ring is 1. The molecule has 7 nitrogen and oxygen atoms in total. The summed E-state index contributed by atoms with van der Waals surface area (Å²) in [7, 11) is 1.46. The van der Waals surface area contributed by atoms with Crippen molar-refractivity contribution in [3.8, 4) is 6.01 Å². The summed E-state index contributed by atoms with van der Waals surface area (Å²) >= 11 is 0. The summed E-state index contributed by atoms with van der Waals surface area (Å²) < 4.78 is 4.91. The SMILES string of the molecule is CCC(C)(CCO)Nc1nc(N)nc(OC)n1. The summed E-state index contributed by atoms with van der Waals surface area (Å²) in [6.45, 7) is 4.09. The average Bonchev–Trinajstić information content (AvgIpc) is 2.28. The highest BCUT2D eigenvalue weighted by atomic mass is 16.5. The van der Waals surface area contributed by atoms with Crippen molar-refractivity contribution in [3.05, 3.63) is 0 Å². The minimum atomic E-state index is -0.284. The van der Waals surface area contributed by atoms with Gasteiger partial charge in [-0.2, -0.15) is 15.0 Å². The van der Waals surface area contributed by atoms with Crippen molar-refractivity contribution in [2.24, 2.45) is 0 Å². The lowest BCUT2D eigenvalue weighted by atomic mass is 9.95. The molecule has 4 N–H and O–H groups in total. The van der Waals surface area contributed by atoms with Gasteiger partial charge in [0.15, 0.2) is 0 Å². The number of nitrogens with one attached hydrogen (secondary N) is 1. The van der Waals surface area contributed by atoms with E-state index >= 15 is 0 Å². The smallest absolute Gasteiger partial charge is 0.322 e. The van der Waals surface area contributed by atoms with Crippen LogP contribution in [0.4, 0.5) is 11.9 Å². The molecule has 0 amide bonds. The molecule has 1 atom stereocenters. The van der Waals surface area contributed by atoms with Gasteiger partial charge in [0.2, 0.25) is 11.9 Å². The van der Waals surface area contributed by atoms with E-state index in [-0.39, 0.29) is 24.1 Å². The fraction of sp³-hybridized carbons (Fsp3) is 0.700. The Bertz CT molecular complexity index is 374. The van der Waals surface area contributed by atoms with Crippen LogP contribution < -0.4 is 15.8 Å². The summed E-state index contributed by atoms with van der Waals surface area (Å²) in [6.07, 6.45) is 1.42. The third-order valence-corrected chi connectivity index (χ3v) is 2.67. The molecule has 0 aromatic carbocycles. The number of ether oxygens (including phenoxy) is 1. The van der Waals surface area contributed by atoms with Crippen molar-refractivity contribution in [3.63, 3.8) is 0 Å². The van der Waals surface area contributed by atoms with Gasteiger partial charge in [-0.3, -0.25) is 0 Å². The molecule has 0 aliphatic heterocycles. The van der Waals surface area contributed by atoms with Crippen LogP contribution in [0.5, 0.6) is 6.01 Å². The van der Waals surface area contributed by atoms with Crippen LogP contribution in [0.2, 0.25) is 0 Å². The molecule has 0 spiro atoms. The molecule has 0 aliphatic carbocycles. The third kappa shape index (κ3) is 3.70. The van der Waals surface area contributed by atoms with E-state index in [1.54, 1.807) is 0 Å². The number of aromatic nitrogens is 3. The fourth-order valence-corrected chi connectivity index (χ4v) is 1.36. The molecule has 0 radical (unpaired) electrons. The first-order chi connectivity index (χ1) is 8.03. The third-order valence-electron chi connectivity index (χ3n) is 2.67. The van der Waals surface area contributed by atoms with Crippen LogP contribution in [0.15, 0.2) is 0 Å². The monoisotopic (exact) mass is 241 g/mol. The molecule has 7 heteroatoms. The number of methoxy groups -OCH3 is 1. The normalized spacial score (nSPS) is 14.1. The van der Waals surface area contributed by atoms with E-state index in [9.17, 15) is 0 Å². The summed E-state index contributed by atoms with van der Waals surface area (Å²) in [6, 6.07) is 0.169. The van der Waals surface area contributed by atoms with E-state index in [0.717, 1.165) is 6.42 Å². The predicted molar refractivity (Wildman–Crippen MR) is 64.8 cm³/mol. The van der Waals surface area contributed by atoms with Crippen LogP contribution in [-0.2, 0) is 0 Å². The van der Waals surface area contributed by atoms with E-state index in [1.807, 2.05) is 13.8 Å². The molecule has 0 fully saturated rings. The summed E-state index contributed by atoms with van der Waals surface area (Å²) in [4.78, 5) is 11.8. The Morgan fingerprint density at radius 3 is 2.65 bits per heavy atom. The summed E-state index contributed by atoms with van der Waals surface area (Å²) in [5.74, 6) is 0.453. The zero-order valence-electron chi connectivity index (χ0n) is 10.4. The maximum atomic E-state index is 9.02. The zero-order chi connectivity index (χ0) is 12.9. The van der Waals surface area contributed by atoms with Gasteiger partial charge < -0.3 is 20.9 Å². The Kier molecular flexibility index (Phi) is 4.45. The molecule has 1 aromatic rings. The van der Waals surface area contributed by atoms with Crippen molar-refractivity contribution >= 4 is 11.9 Å². The van der Waals surface area contributed by atoms with Crippen LogP contribution in [-0.4, -0.2) is 39.3 Å². The van der Waals surface area contributed by atoms with Crippen LogP contribution in [0, 0.1) is 0 Å². The van der Waals surface area contributed by atoms with Crippen molar-refractivity contribution < 1.29 is 9.84 Å². The number of hydrogen-bond donors (Lipinski definition) is 3. The topological polar surface area (TPSA) is 106 Å². The number of aliphatic hydroxyl groups excluding tert-OH is 1. The number of hydrogen-bond acceptors (Lipinski definition) is 7. The van der Waals surface area contributed by atoms with E-state index in [1.165, 1.54) is 7.11 Å². The number of rotatable bonds is 6. The minimum absolute atomic E-state index is 0.0923. The number of nitrogens with zero attached hydrogens (tertiary/aromatic N) is 3. The van der Waals surface area contributed by atoms with Gasteiger partial charge in [0.25, 0.3) is 0 Å². The molecule has 1 rings (SSSR count). The summed E-state index contributed by atoms with van der Waals surface area (Å²) in [5, 5.41) is 12.2. The quantitative estimate of drug-likeness (QED) is 0.662. The first-order valence-corrected chi connectivity index (χ1v) is 5.47. The van der Waals surface area contributed by atoms with Crippen LogP contribution >= 0.6 is 0 Å². The Labute approximate surface area is 100 Å².